The third-order valence-electron chi connectivity index (χ3n) is 6.34. The number of carbonyl (C=O) groups is 1. The number of aromatic nitrogens is 1. The van der Waals surface area contributed by atoms with Crippen LogP contribution in [0.5, 0.6) is 5.75 Å². The Morgan fingerprint density at radius 2 is 2.13 bits per heavy atom. The average molecular weight is 431 g/mol. The van der Waals surface area contributed by atoms with Gasteiger partial charge in [-0.1, -0.05) is 18.3 Å². The molecule has 1 amide bonds. The largest absolute Gasteiger partial charge is 0.497 e. The monoisotopic (exact) mass is 430 g/mol. The van der Waals surface area contributed by atoms with Crippen LogP contribution in [0.1, 0.15) is 39.0 Å². The number of benzene rings is 1. The van der Waals surface area contributed by atoms with Crippen molar-refractivity contribution in [2.75, 3.05) is 51.3 Å². The van der Waals surface area contributed by atoms with Gasteiger partial charge >= 0.3 is 0 Å². The van der Waals surface area contributed by atoms with Crippen LogP contribution in [0, 0.1) is 11.8 Å². The van der Waals surface area contributed by atoms with Gasteiger partial charge in [0.05, 0.1) is 23.2 Å². The number of amides is 1. The molecule has 30 heavy (non-hydrogen) atoms. The summed E-state index contributed by atoms with van der Waals surface area (Å²) in [4.78, 5) is 22.4. The van der Waals surface area contributed by atoms with Crippen LogP contribution in [0.3, 0.4) is 0 Å². The zero-order valence-electron chi connectivity index (χ0n) is 18.2. The second-order valence-corrected chi connectivity index (χ2v) is 9.82. The van der Waals surface area contributed by atoms with Gasteiger partial charge in [0.25, 0.3) is 0 Å². The first kappa shape index (κ1) is 21.4. The van der Waals surface area contributed by atoms with Crippen LogP contribution < -0.4 is 15.0 Å². The highest BCUT2D eigenvalue weighted by Crippen LogP contribution is 2.33. The molecule has 2 aliphatic rings. The second kappa shape index (κ2) is 9.96. The van der Waals surface area contributed by atoms with Crippen molar-refractivity contribution in [1.82, 2.24) is 15.2 Å². The smallest absolute Gasteiger partial charge is 0.224 e. The van der Waals surface area contributed by atoms with Crippen molar-refractivity contribution in [2.45, 2.75) is 39.0 Å². The van der Waals surface area contributed by atoms with Gasteiger partial charge in [0, 0.05) is 26.2 Å². The van der Waals surface area contributed by atoms with Gasteiger partial charge in [-0.25, -0.2) is 4.98 Å². The average Bonchev–Trinajstić information content (AvgIpc) is 3.20. The Labute approximate surface area is 183 Å². The van der Waals surface area contributed by atoms with Crippen molar-refractivity contribution in [3.05, 3.63) is 18.2 Å². The van der Waals surface area contributed by atoms with Gasteiger partial charge in [-0.05, 0) is 69.3 Å². The van der Waals surface area contributed by atoms with Gasteiger partial charge in [-0.15, -0.1) is 0 Å². The minimum atomic E-state index is 0.0512. The number of nitrogens with zero attached hydrogens (tertiary/aromatic N) is 3. The summed E-state index contributed by atoms with van der Waals surface area (Å²) in [5.74, 6) is 1.92. The number of fused-ring (bicyclic) bond motifs is 1. The van der Waals surface area contributed by atoms with Gasteiger partial charge in [-0.2, -0.15) is 0 Å². The van der Waals surface area contributed by atoms with E-state index in [2.05, 4.69) is 22.0 Å². The molecule has 1 aromatic carbocycles. The van der Waals surface area contributed by atoms with Crippen molar-refractivity contribution in [3.63, 3.8) is 0 Å². The van der Waals surface area contributed by atoms with E-state index in [1.54, 1.807) is 18.4 Å². The number of carbonyl (C=O) groups excluding carboxylic acids is 1. The fourth-order valence-electron chi connectivity index (χ4n) is 4.67. The Balaban J connectivity index is 1.26. The van der Waals surface area contributed by atoms with Gasteiger partial charge in [-0.3, -0.25) is 4.79 Å². The summed E-state index contributed by atoms with van der Waals surface area (Å²) >= 11 is 1.68. The van der Waals surface area contributed by atoms with Gasteiger partial charge in [0.1, 0.15) is 5.75 Å². The van der Waals surface area contributed by atoms with Crippen molar-refractivity contribution >= 4 is 32.6 Å². The molecule has 4 rings (SSSR count). The molecular formula is C23H34N4O2S. The summed E-state index contributed by atoms with van der Waals surface area (Å²) in [5.41, 5.74) is 0.995. The normalized spacial score (nSPS) is 22.9. The highest BCUT2D eigenvalue weighted by Gasteiger charge is 2.27. The van der Waals surface area contributed by atoms with Crippen LogP contribution >= 0.6 is 11.3 Å². The number of methoxy groups -OCH3 is 1. The molecule has 3 heterocycles. The van der Waals surface area contributed by atoms with E-state index in [-0.39, 0.29) is 11.8 Å². The molecule has 1 N–H and O–H groups in total. The summed E-state index contributed by atoms with van der Waals surface area (Å²) < 4.78 is 6.45. The van der Waals surface area contributed by atoms with E-state index < -0.39 is 0 Å². The third-order valence-corrected chi connectivity index (χ3v) is 7.42. The number of nitrogens with one attached hydrogen (secondary N) is 1. The number of ether oxygens (including phenoxy) is 1. The summed E-state index contributed by atoms with van der Waals surface area (Å²) in [7, 11) is 1.68. The summed E-state index contributed by atoms with van der Waals surface area (Å²) in [6.07, 6.45) is 5.69. The van der Waals surface area contributed by atoms with E-state index in [1.807, 2.05) is 18.2 Å². The molecule has 2 saturated heterocycles. The lowest BCUT2D eigenvalue weighted by Gasteiger charge is -2.32. The quantitative estimate of drug-likeness (QED) is 0.678. The Hall–Kier alpha value is -1.86. The zero-order chi connectivity index (χ0) is 20.9. The van der Waals surface area contributed by atoms with Crippen LogP contribution in [-0.4, -0.2) is 62.2 Å². The second-order valence-electron chi connectivity index (χ2n) is 8.81. The Morgan fingerprint density at radius 1 is 1.27 bits per heavy atom. The van der Waals surface area contributed by atoms with E-state index >= 15 is 0 Å². The van der Waals surface area contributed by atoms with E-state index in [0.29, 0.717) is 0 Å². The molecule has 1 aromatic heterocycles. The van der Waals surface area contributed by atoms with Crippen molar-refractivity contribution in [3.8, 4) is 5.75 Å². The van der Waals surface area contributed by atoms with Crippen LogP contribution in [0.25, 0.3) is 10.2 Å². The predicted octanol–water partition coefficient (Wildman–Crippen LogP) is 3.76. The van der Waals surface area contributed by atoms with E-state index in [1.165, 1.54) is 25.9 Å². The maximum Gasteiger partial charge on any atom is 0.224 e. The van der Waals surface area contributed by atoms with Gasteiger partial charge in [0.2, 0.25) is 5.91 Å². The fourth-order valence-corrected chi connectivity index (χ4v) is 5.70. The van der Waals surface area contributed by atoms with Crippen molar-refractivity contribution in [2.24, 2.45) is 11.8 Å². The number of thiazole rings is 1. The van der Waals surface area contributed by atoms with E-state index in [9.17, 15) is 4.79 Å². The first-order chi connectivity index (χ1) is 14.6. The van der Waals surface area contributed by atoms with Crippen molar-refractivity contribution < 1.29 is 9.53 Å². The van der Waals surface area contributed by atoms with Gasteiger partial charge < -0.3 is 19.9 Å². The van der Waals surface area contributed by atoms with Crippen LogP contribution in [-0.2, 0) is 4.79 Å². The molecule has 2 fully saturated rings. The number of likely N-dealkylation sites (tertiary alicyclic amines) is 1. The zero-order valence-corrected chi connectivity index (χ0v) is 19.0. The molecule has 7 heteroatoms. The summed E-state index contributed by atoms with van der Waals surface area (Å²) in [5, 5.41) is 4.20. The molecule has 2 atom stereocenters. The maximum absolute atomic E-state index is 12.7. The highest BCUT2D eigenvalue weighted by molar-refractivity contribution is 7.22. The maximum atomic E-state index is 12.7. The molecule has 6 nitrogen and oxygen atoms in total. The lowest BCUT2D eigenvalue weighted by atomic mass is 9.97. The standard InChI is InChI=1S/C23H34N4O2S/c1-17-6-3-11-26(15-17)12-5-10-24-22(28)18-7-4-13-27(16-18)23-25-20-9-8-19(29-2)14-21(20)30-23/h8-9,14,17-18H,3-7,10-13,15-16H2,1-2H3,(H,24,28)/t17-,18-/m0/s1. The van der Waals surface area contributed by atoms with Gasteiger partial charge in [0.15, 0.2) is 5.13 Å². The predicted molar refractivity (Wildman–Crippen MR) is 124 cm³/mol. The molecule has 164 valence electrons. The summed E-state index contributed by atoms with van der Waals surface area (Å²) in [6, 6.07) is 5.99. The highest BCUT2D eigenvalue weighted by atomic mass is 32.1. The molecule has 0 spiro atoms. The Bertz CT molecular complexity index is 855. The topological polar surface area (TPSA) is 57.7 Å². The molecule has 0 aliphatic carbocycles. The number of anilines is 1. The van der Waals surface area contributed by atoms with Crippen LogP contribution in [0.4, 0.5) is 5.13 Å². The summed E-state index contributed by atoms with van der Waals surface area (Å²) in [6.45, 7) is 8.35. The van der Waals surface area contributed by atoms with Crippen molar-refractivity contribution in [1.29, 1.82) is 0 Å². The third kappa shape index (κ3) is 5.24. The molecule has 0 bridgehead atoms. The Kier molecular flexibility index (Phi) is 7.10. The number of piperidine rings is 2. The molecule has 0 saturated carbocycles. The first-order valence-electron chi connectivity index (χ1n) is 11.3. The Morgan fingerprint density at radius 3 is 2.97 bits per heavy atom. The first-order valence-corrected chi connectivity index (χ1v) is 12.1. The number of hydrogen-bond donors (Lipinski definition) is 1. The minimum Gasteiger partial charge on any atom is -0.497 e. The van der Waals surface area contributed by atoms with Crippen LogP contribution in [0.2, 0.25) is 0 Å². The molecule has 0 unspecified atom stereocenters. The molecule has 2 aliphatic heterocycles. The van der Waals surface area contributed by atoms with Crippen LogP contribution in [0.15, 0.2) is 18.2 Å². The number of hydrogen-bond acceptors (Lipinski definition) is 6. The lowest BCUT2D eigenvalue weighted by Crippen LogP contribution is -2.43. The molecular weight excluding hydrogens is 396 g/mol. The fraction of sp³-hybridized carbons (Fsp3) is 0.652. The van der Waals surface area contributed by atoms with E-state index in [4.69, 9.17) is 9.72 Å². The lowest BCUT2D eigenvalue weighted by molar-refractivity contribution is -0.125. The van der Waals surface area contributed by atoms with E-state index in [0.717, 1.165) is 72.5 Å². The molecule has 0 radical (unpaired) electrons. The molecule has 2 aromatic rings. The number of rotatable bonds is 7. The SMILES string of the molecule is COc1ccc2nc(N3CCC[C@H](C(=O)NCCCN4CCC[C@H](C)C4)C3)sc2c1. The minimum absolute atomic E-state index is 0.0512.